The number of amides is 1. The van der Waals surface area contributed by atoms with Gasteiger partial charge >= 0.3 is 0 Å². The lowest BCUT2D eigenvalue weighted by Crippen LogP contribution is -2.31. The largest absolute Gasteiger partial charge is 0.351 e. The number of carbonyl (C=O) groups excluding carboxylic acids is 1. The molecule has 168 valence electrons. The quantitative estimate of drug-likeness (QED) is 0.326. The number of fused-ring (bicyclic) bond motifs is 1. The normalized spacial score (nSPS) is 12.0. The highest BCUT2D eigenvalue weighted by molar-refractivity contribution is 8.00. The number of hydrogen-bond acceptors (Lipinski definition) is 4. The molecule has 4 rings (SSSR count). The fourth-order valence-electron chi connectivity index (χ4n) is 3.43. The zero-order chi connectivity index (χ0) is 23.5. The van der Waals surface area contributed by atoms with Crippen molar-refractivity contribution in [2.75, 3.05) is 0 Å². The molecule has 1 N–H and O–H groups in total. The fourth-order valence-corrected chi connectivity index (χ4v) is 4.38. The van der Waals surface area contributed by atoms with Crippen LogP contribution < -0.4 is 10.9 Å². The second kappa shape index (κ2) is 9.58. The maximum absolute atomic E-state index is 13.4. The molecule has 1 unspecified atom stereocenters. The second-order valence-electron chi connectivity index (χ2n) is 7.93. The number of nitrogens with zero attached hydrogens (tertiary/aromatic N) is 2. The van der Waals surface area contributed by atoms with Crippen LogP contribution in [0, 0.1) is 19.7 Å². The van der Waals surface area contributed by atoms with E-state index < -0.39 is 5.25 Å². The first-order valence-electron chi connectivity index (χ1n) is 10.6. The molecule has 7 heteroatoms. The van der Waals surface area contributed by atoms with E-state index in [0.717, 1.165) is 16.7 Å². The highest BCUT2D eigenvalue weighted by Gasteiger charge is 2.20. The summed E-state index contributed by atoms with van der Waals surface area (Å²) >= 11 is 1.23. The molecule has 0 spiro atoms. The van der Waals surface area contributed by atoms with Crippen molar-refractivity contribution in [1.29, 1.82) is 0 Å². The van der Waals surface area contributed by atoms with Crippen LogP contribution in [-0.2, 0) is 11.3 Å². The van der Waals surface area contributed by atoms with Crippen molar-refractivity contribution in [3.63, 3.8) is 0 Å². The lowest BCUT2D eigenvalue weighted by molar-refractivity contribution is -0.120. The molecular formula is C26H24FN3O2S. The van der Waals surface area contributed by atoms with Gasteiger partial charge in [0.15, 0.2) is 5.16 Å². The van der Waals surface area contributed by atoms with E-state index in [1.165, 1.54) is 23.9 Å². The summed E-state index contributed by atoms with van der Waals surface area (Å²) in [5.74, 6) is -0.515. The predicted molar refractivity (Wildman–Crippen MR) is 130 cm³/mol. The van der Waals surface area contributed by atoms with E-state index in [4.69, 9.17) is 4.98 Å². The van der Waals surface area contributed by atoms with Crippen molar-refractivity contribution in [2.24, 2.45) is 0 Å². The Morgan fingerprint density at radius 2 is 1.79 bits per heavy atom. The molecule has 1 atom stereocenters. The van der Waals surface area contributed by atoms with E-state index >= 15 is 0 Å². The first kappa shape index (κ1) is 22.7. The molecule has 3 aromatic carbocycles. The van der Waals surface area contributed by atoms with Crippen LogP contribution in [0.15, 0.2) is 76.7 Å². The number of carbonyl (C=O) groups is 1. The van der Waals surface area contributed by atoms with Gasteiger partial charge in [-0.15, -0.1) is 0 Å². The van der Waals surface area contributed by atoms with Gasteiger partial charge in [0.1, 0.15) is 5.82 Å². The van der Waals surface area contributed by atoms with E-state index in [1.54, 1.807) is 35.8 Å². The average Bonchev–Trinajstić information content (AvgIpc) is 2.80. The summed E-state index contributed by atoms with van der Waals surface area (Å²) in [6.07, 6.45) is 0. The molecule has 1 aromatic heterocycles. The van der Waals surface area contributed by atoms with Crippen molar-refractivity contribution in [2.45, 2.75) is 37.7 Å². The van der Waals surface area contributed by atoms with Crippen LogP contribution in [-0.4, -0.2) is 20.7 Å². The molecule has 0 aliphatic carbocycles. The third-order valence-corrected chi connectivity index (χ3v) is 6.58. The first-order chi connectivity index (χ1) is 15.8. The van der Waals surface area contributed by atoms with Crippen molar-refractivity contribution >= 4 is 28.6 Å². The minimum Gasteiger partial charge on any atom is -0.351 e. The van der Waals surface area contributed by atoms with Crippen LogP contribution in [0.25, 0.3) is 16.6 Å². The minimum atomic E-state index is -0.503. The molecule has 0 aliphatic heterocycles. The summed E-state index contributed by atoms with van der Waals surface area (Å²) in [6.45, 7) is 6.08. The van der Waals surface area contributed by atoms with Crippen LogP contribution in [0.3, 0.4) is 0 Å². The van der Waals surface area contributed by atoms with Crippen LogP contribution in [0.2, 0.25) is 0 Å². The van der Waals surface area contributed by atoms with E-state index in [9.17, 15) is 14.0 Å². The molecule has 1 heterocycles. The van der Waals surface area contributed by atoms with Crippen molar-refractivity contribution in [3.8, 4) is 5.69 Å². The molecular weight excluding hydrogens is 437 g/mol. The number of rotatable bonds is 6. The topological polar surface area (TPSA) is 64.0 Å². The summed E-state index contributed by atoms with van der Waals surface area (Å²) in [6, 6.07) is 19.0. The van der Waals surface area contributed by atoms with Crippen LogP contribution >= 0.6 is 11.8 Å². The number of nitrogens with one attached hydrogen (secondary N) is 1. The molecule has 0 saturated carbocycles. The third kappa shape index (κ3) is 4.98. The van der Waals surface area contributed by atoms with Gasteiger partial charge in [0, 0.05) is 6.54 Å². The van der Waals surface area contributed by atoms with Crippen molar-refractivity contribution in [3.05, 3.63) is 99.6 Å². The Bertz CT molecular complexity index is 1380. The Kier molecular flexibility index (Phi) is 6.60. The van der Waals surface area contributed by atoms with Gasteiger partial charge in [-0.25, -0.2) is 9.37 Å². The zero-order valence-corrected chi connectivity index (χ0v) is 19.4. The monoisotopic (exact) mass is 461 g/mol. The van der Waals surface area contributed by atoms with E-state index in [2.05, 4.69) is 5.32 Å². The number of thioether (sulfide) groups is 1. The number of halogens is 1. The van der Waals surface area contributed by atoms with Crippen LogP contribution in [0.1, 0.15) is 23.6 Å². The fraction of sp³-hybridized carbons (Fsp3) is 0.192. The molecule has 33 heavy (non-hydrogen) atoms. The maximum Gasteiger partial charge on any atom is 0.266 e. The van der Waals surface area contributed by atoms with Gasteiger partial charge in [0.2, 0.25) is 5.91 Å². The van der Waals surface area contributed by atoms with Gasteiger partial charge in [0.25, 0.3) is 5.56 Å². The summed E-state index contributed by atoms with van der Waals surface area (Å²) in [7, 11) is 0. The standard InChI is InChI=1S/C26H24FN3O2S/c1-16-8-13-21(14-17(16)2)30-25(32)22-6-4-5-7-23(22)29-26(30)33-18(3)24(31)28-15-19-9-11-20(27)12-10-19/h4-14,18H,15H2,1-3H3,(H,28,31). The zero-order valence-electron chi connectivity index (χ0n) is 18.6. The average molecular weight is 462 g/mol. The second-order valence-corrected chi connectivity index (χ2v) is 9.23. The molecule has 0 radical (unpaired) electrons. The number of hydrogen-bond donors (Lipinski definition) is 1. The van der Waals surface area contributed by atoms with Crippen molar-refractivity contribution in [1.82, 2.24) is 14.9 Å². The molecule has 4 aromatic rings. The summed E-state index contributed by atoms with van der Waals surface area (Å²) in [4.78, 5) is 30.9. The van der Waals surface area contributed by atoms with Gasteiger partial charge in [-0.1, -0.05) is 42.1 Å². The number of benzene rings is 3. The lowest BCUT2D eigenvalue weighted by Gasteiger charge is -2.17. The summed E-state index contributed by atoms with van der Waals surface area (Å²) in [5, 5.41) is 3.34. The Balaban J connectivity index is 1.65. The van der Waals surface area contributed by atoms with Crippen LogP contribution in [0.4, 0.5) is 4.39 Å². The number of aryl methyl sites for hydroxylation is 2. The van der Waals surface area contributed by atoms with Gasteiger partial charge in [-0.3, -0.25) is 14.2 Å². The minimum absolute atomic E-state index is 0.176. The third-order valence-electron chi connectivity index (χ3n) is 5.53. The van der Waals surface area contributed by atoms with Gasteiger partial charge < -0.3 is 5.32 Å². The summed E-state index contributed by atoms with van der Waals surface area (Å²) < 4.78 is 14.7. The Labute approximate surface area is 195 Å². The first-order valence-corrected chi connectivity index (χ1v) is 11.5. The molecule has 0 bridgehead atoms. The predicted octanol–water partition coefficient (Wildman–Crippen LogP) is 4.94. The SMILES string of the molecule is Cc1ccc(-n2c(SC(C)C(=O)NCc3ccc(F)cc3)nc3ccccc3c2=O)cc1C. The van der Waals surface area contributed by atoms with Gasteiger partial charge in [-0.05, 0) is 73.9 Å². The van der Waals surface area contributed by atoms with Crippen LogP contribution in [0.5, 0.6) is 0 Å². The molecule has 0 saturated heterocycles. The van der Waals surface area contributed by atoms with Crippen molar-refractivity contribution < 1.29 is 9.18 Å². The number of para-hydroxylation sites is 1. The molecule has 0 aliphatic rings. The van der Waals surface area contributed by atoms with Gasteiger partial charge in [-0.2, -0.15) is 0 Å². The molecule has 5 nitrogen and oxygen atoms in total. The lowest BCUT2D eigenvalue weighted by atomic mass is 10.1. The van der Waals surface area contributed by atoms with E-state index in [-0.39, 0.29) is 17.3 Å². The molecule has 0 fully saturated rings. The summed E-state index contributed by atoms with van der Waals surface area (Å²) in [5.41, 5.74) is 4.12. The smallest absolute Gasteiger partial charge is 0.266 e. The van der Waals surface area contributed by atoms with Gasteiger partial charge in [0.05, 0.1) is 21.8 Å². The highest BCUT2D eigenvalue weighted by atomic mass is 32.2. The van der Waals surface area contributed by atoms with E-state index in [0.29, 0.717) is 28.3 Å². The van der Waals surface area contributed by atoms with E-state index in [1.807, 2.05) is 44.2 Å². The Morgan fingerprint density at radius 3 is 2.52 bits per heavy atom. The number of aromatic nitrogens is 2. The maximum atomic E-state index is 13.4. The highest BCUT2D eigenvalue weighted by Crippen LogP contribution is 2.26. The Morgan fingerprint density at radius 1 is 1.06 bits per heavy atom. The molecule has 1 amide bonds. The Hall–Kier alpha value is -3.45.